The van der Waals surface area contributed by atoms with Gasteiger partial charge in [0.1, 0.15) is 5.41 Å². The zero-order valence-corrected chi connectivity index (χ0v) is 12.8. The number of nitrogens with two attached hydrogens (primary N) is 1. The largest absolute Gasteiger partial charge is 0.409 e. The van der Waals surface area contributed by atoms with Gasteiger partial charge in [-0.1, -0.05) is 37.3 Å². The second kappa shape index (κ2) is 6.64. The van der Waals surface area contributed by atoms with Crippen LogP contribution in [0.25, 0.3) is 0 Å². The monoisotopic (exact) mass is 297 g/mol. The van der Waals surface area contributed by atoms with E-state index in [1.54, 1.807) is 11.9 Å². The first-order valence-electron chi connectivity index (χ1n) is 7.96. The molecule has 6 nitrogen and oxygen atoms in total. The smallest absolute Gasteiger partial charge is 0.236 e. The first-order chi connectivity index (χ1) is 10.0. The van der Waals surface area contributed by atoms with Crippen molar-refractivity contribution in [1.29, 1.82) is 0 Å². The Morgan fingerprint density at radius 2 is 1.81 bits per heavy atom. The van der Waals surface area contributed by atoms with Crippen molar-refractivity contribution in [3.8, 4) is 0 Å². The molecule has 0 spiro atoms. The number of nitrogens with zero attached hydrogens (tertiary/aromatic N) is 2. The number of likely N-dealkylation sites (N-methyl/N-ethyl adjacent to an activating group) is 1. The predicted octanol–water partition coefficient (Wildman–Crippen LogP) is 1.45. The fourth-order valence-corrected chi connectivity index (χ4v) is 3.86. The summed E-state index contributed by atoms with van der Waals surface area (Å²) in [4.78, 5) is 14.7. The van der Waals surface area contributed by atoms with Crippen LogP contribution in [-0.2, 0) is 4.79 Å². The van der Waals surface area contributed by atoms with Gasteiger partial charge < -0.3 is 20.9 Å². The predicted molar refractivity (Wildman–Crippen MR) is 80.0 cm³/mol. The molecule has 2 aliphatic rings. The van der Waals surface area contributed by atoms with Gasteiger partial charge in [0.25, 0.3) is 0 Å². The number of amides is 1. The maximum Gasteiger partial charge on any atom is 0.236 e. The van der Waals surface area contributed by atoms with E-state index in [1.807, 2.05) is 0 Å². The molecule has 0 saturated heterocycles. The highest BCUT2D eigenvalue weighted by Gasteiger charge is 2.47. The van der Waals surface area contributed by atoms with Gasteiger partial charge in [-0.25, -0.2) is 0 Å². The molecule has 0 heterocycles. The van der Waals surface area contributed by atoms with Crippen LogP contribution in [0.5, 0.6) is 0 Å². The molecule has 0 aromatic carbocycles. The molecule has 2 unspecified atom stereocenters. The van der Waals surface area contributed by atoms with E-state index in [1.165, 1.54) is 0 Å². The number of aliphatic hydroxyl groups is 1. The molecular formula is C15H27N3O3. The Balaban J connectivity index is 2.21. The average molecular weight is 297 g/mol. The van der Waals surface area contributed by atoms with Crippen LogP contribution in [0.2, 0.25) is 0 Å². The summed E-state index contributed by atoms with van der Waals surface area (Å²) in [6, 6.07) is -0.156. The third-order valence-electron chi connectivity index (χ3n) is 5.23. The summed E-state index contributed by atoms with van der Waals surface area (Å²) in [6.07, 6.45) is 7.23. The van der Waals surface area contributed by atoms with Gasteiger partial charge in [-0.15, -0.1) is 0 Å². The van der Waals surface area contributed by atoms with Gasteiger partial charge in [0.05, 0.1) is 12.1 Å². The molecule has 2 fully saturated rings. The molecular weight excluding hydrogens is 270 g/mol. The summed E-state index contributed by atoms with van der Waals surface area (Å²) >= 11 is 0. The van der Waals surface area contributed by atoms with Gasteiger partial charge in [-0.2, -0.15) is 0 Å². The number of rotatable bonds is 3. The number of carbonyl (C=O) groups is 1. The standard InChI is InChI=1S/C15H27N3O3/c1-18(11-7-3-4-8-12(11)19)14(20)15(13(16)17-21)9-5-2-6-10-15/h11-12,19,21H,2-10H2,1H3,(H2,16,17). The lowest BCUT2D eigenvalue weighted by Crippen LogP contribution is -2.56. The van der Waals surface area contributed by atoms with Crippen LogP contribution in [-0.4, -0.2) is 46.1 Å². The van der Waals surface area contributed by atoms with Crippen molar-refractivity contribution >= 4 is 11.7 Å². The van der Waals surface area contributed by atoms with E-state index in [2.05, 4.69) is 5.16 Å². The van der Waals surface area contributed by atoms with Crippen LogP contribution in [0, 0.1) is 5.41 Å². The second-order valence-corrected chi connectivity index (χ2v) is 6.46. The quantitative estimate of drug-likeness (QED) is 0.318. The first kappa shape index (κ1) is 16.1. The average Bonchev–Trinajstić information content (AvgIpc) is 2.53. The second-order valence-electron chi connectivity index (χ2n) is 6.46. The molecule has 6 heteroatoms. The van der Waals surface area contributed by atoms with Gasteiger partial charge in [0.15, 0.2) is 5.84 Å². The molecule has 0 radical (unpaired) electrons. The molecule has 21 heavy (non-hydrogen) atoms. The van der Waals surface area contributed by atoms with Crippen molar-refractivity contribution in [2.24, 2.45) is 16.3 Å². The molecule has 2 rings (SSSR count). The lowest BCUT2D eigenvalue weighted by Gasteiger charge is -2.42. The summed E-state index contributed by atoms with van der Waals surface area (Å²) in [7, 11) is 1.74. The summed E-state index contributed by atoms with van der Waals surface area (Å²) < 4.78 is 0. The summed E-state index contributed by atoms with van der Waals surface area (Å²) in [5, 5.41) is 22.4. The topological polar surface area (TPSA) is 99.2 Å². The Morgan fingerprint density at radius 1 is 1.19 bits per heavy atom. The molecule has 2 aliphatic carbocycles. The van der Waals surface area contributed by atoms with E-state index in [0.717, 1.165) is 44.9 Å². The van der Waals surface area contributed by atoms with E-state index < -0.39 is 11.5 Å². The number of oxime groups is 1. The first-order valence-corrected chi connectivity index (χ1v) is 7.96. The van der Waals surface area contributed by atoms with E-state index >= 15 is 0 Å². The molecule has 4 N–H and O–H groups in total. The van der Waals surface area contributed by atoms with E-state index in [0.29, 0.717) is 12.8 Å². The summed E-state index contributed by atoms with van der Waals surface area (Å²) in [5.41, 5.74) is 4.99. The Labute approximate surface area is 126 Å². The summed E-state index contributed by atoms with van der Waals surface area (Å²) in [5.74, 6) is -0.0900. The minimum absolute atomic E-state index is 0.0179. The lowest BCUT2D eigenvalue weighted by atomic mass is 9.71. The number of amidine groups is 1. The maximum atomic E-state index is 13.0. The molecule has 0 bridgehead atoms. The zero-order valence-electron chi connectivity index (χ0n) is 12.8. The molecule has 0 aromatic rings. The van der Waals surface area contributed by atoms with E-state index in [9.17, 15) is 9.90 Å². The van der Waals surface area contributed by atoms with Crippen molar-refractivity contribution in [3.05, 3.63) is 0 Å². The van der Waals surface area contributed by atoms with E-state index in [4.69, 9.17) is 10.9 Å². The SMILES string of the molecule is CN(C(=O)C1(C(N)=NO)CCCCC1)C1CCCCC1O. The van der Waals surface area contributed by atoms with Gasteiger partial charge in [-0.3, -0.25) is 4.79 Å². The molecule has 0 aliphatic heterocycles. The van der Waals surface area contributed by atoms with Crippen LogP contribution in [0.1, 0.15) is 57.8 Å². The van der Waals surface area contributed by atoms with Crippen LogP contribution in [0.4, 0.5) is 0 Å². The van der Waals surface area contributed by atoms with Crippen molar-refractivity contribution < 1.29 is 15.1 Å². The molecule has 2 atom stereocenters. The minimum Gasteiger partial charge on any atom is -0.409 e. The number of hydrogen-bond donors (Lipinski definition) is 3. The van der Waals surface area contributed by atoms with Gasteiger partial charge in [0, 0.05) is 7.05 Å². The van der Waals surface area contributed by atoms with Crippen LogP contribution in [0.15, 0.2) is 5.16 Å². The van der Waals surface area contributed by atoms with Crippen molar-refractivity contribution in [2.75, 3.05) is 7.05 Å². The number of hydrogen-bond acceptors (Lipinski definition) is 4. The van der Waals surface area contributed by atoms with Gasteiger partial charge in [0.2, 0.25) is 5.91 Å². The maximum absolute atomic E-state index is 13.0. The van der Waals surface area contributed by atoms with Crippen LogP contribution < -0.4 is 5.73 Å². The zero-order chi connectivity index (χ0) is 15.5. The molecule has 120 valence electrons. The third kappa shape index (κ3) is 3.00. The molecule has 1 amide bonds. The third-order valence-corrected chi connectivity index (χ3v) is 5.23. The normalized spacial score (nSPS) is 29.9. The fourth-order valence-electron chi connectivity index (χ4n) is 3.86. The fraction of sp³-hybridized carbons (Fsp3) is 0.867. The molecule has 0 aromatic heterocycles. The van der Waals surface area contributed by atoms with Crippen molar-refractivity contribution in [1.82, 2.24) is 4.90 Å². The highest BCUT2D eigenvalue weighted by molar-refractivity contribution is 6.06. The number of aliphatic hydroxyl groups excluding tert-OH is 1. The minimum atomic E-state index is -0.890. The summed E-state index contributed by atoms with van der Waals surface area (Å²) in [6.45, 7) is 0. The molecule has 2 saturated carbocycles. The van der Waals surface area contributed by atoms with Crippen LogP contribution in [0.3, 0.4) is 0 Å². The Bertz CT molecular complexity index is 405. The Hall–Kier alpha value is -1.30. The van der Waals surface area contributed by atoms with Crippen molar-refractivity contribution in [3.63, 3.8) is 0 Å². The van der Waals surface area contributed by atoms with E-state index in [-0.39, 0.29) is 17.8 Å². The lowest BCUT2D eigenvalue weighted by molar-refractivity contribution is -0.144. The number of carbonyl (C=O) groups excluding carboxylic acids is 1. The Morgan fingerprint density at radius 3 is 2.38 bits per heavy atom. The van der Waals surface area contributed by atoms with Gasteiger partial charge in [-0.05, 0) is 25.7 Å². The Kier molecular flexibility index (Phi) is 5.08. The van der Waals surface area contributed by atoms with Crippen LogP contribution >= 0.6 is 0 Å². The van der Waals surface area contributed by atoms with Crippen molar-refractivity contribution in [2.45, 2.75) is 69.9 Å². The highest BCUT2D eigenvalue weighted by Crippen LogP contribution is 2.39. The van der Waals surface area contributed by atoms with Gasteiger partial charge >= 0.3 is 0 Å². The highest BCUT2D eigenvalue weighted by atomic mass is 16.4.